The van der Waals surface area contributed by atoms with E-state index in [4.69, 9.17) is 4.74 Å². The summed E-state index contributed by atoms with van der Waals surface area (Å²) < 4.78 is 7.13. The number of benzene rings is 1. The van der Waals surface area contributed by atoms with Crippen LogP contribution in [-0.2, 0) is 0 Å². The number of ether oxygens (including phenoxy) is 1. The second-order valence-electron chi connectivity index (χ2n) is 3.87. The van der Waals surface area contributed by atoms with Crippen molar-refractivity contribution in [1.29, 1.82) is 0 Å². The molecule has 6 heteroatoms. The zero-order valence-electron chi connectivity index (χ0n) is 10.7. The summed E-state index contributed by atoms with van der Waals surface area (Å²) in [6.45, 7) is 2.36. The minimum Gasteiger partial charge on any atom is -0.476 e. The summed E-state index contributed by atoms with van der Waals surface area (Å²) >= 11 is 5.55. The van der Waals surface area contributed by atoms with Crippen molar-refractivity contribution in [3.8, 4) is 5.88 Å². The van der Waals surface area contributed by atoms with E-state index in [-0.39, 0.29) is 5.91 Å². The Bertz CT molecular complexity index is 634. The molecule has 0 aliphatic rings. The van der Waals surface area contributed by atoms with E-state index in [9.17, 15) is 4.79 Å². The molecule has 1 amide bonds. The van der Waals surface area contributed by atoms with E-state index < -0.39 is 0 Å². The maximum atomic E-state index is 12.3. The number of anilines is 1. The molecule has 0 atom stereocenters. The van der Waals surface area contributed by atoms with Crippen LogP contribution < -0.4 is 10.1 Å². The number of hydrogen-bond donors (Lipinski definition) is 1. The quantitative estimate of drug-likeness (QED) is 0.719. The molecule has 20 heavy (non-hydrogen) atoms. The number of aromatic nitrogens is 1. The largest absolute Gasteiger partial charge is 0.476 e. The van der Waals surface area contributed by atoms with E-state index >= 15 is 0 Å². The highest BCUT2D eigenvalue weighted by atomic mass is 127. The molecule has 0 radical (unpaired) electrons. The topological polar surface area (TPSA) is 51.2 Å². The molecule has 0 saturated heterocycles. The highest BCUT2D eigenvalue weighted by molar-refractivity contribution is 14.1. The van der Waals surface area contributed by atoms with Crippen LogP contribution in [0.15, 0.2) is 41.0 Å². The van der Waals surface area contributed by atoms with Crippen molar-refractivity contribution in [2.75, 3.05) is 11.9 Å². The number of pyridine rings is 1. The van der Waals surface area contributed by atoms with Gasteiger partial charge in [0.05, 0.1) is 12.2 Å². The van der Waals surface area contributed by atoms with Crippen LogP contribution >= 0.6 is 38.5 Å². The number of nitrogens with zero attached hydrogens (tertiary/aromatic N) is 1. The molecule has 0 spiro atoms. The van der Waals surface area contributed by atoms with Gasteiger partial charge >= 0.3 is 0 Å². The van der Waals surface area contributed by atoms with Crippen LogP contribution in [0.2, 0.25) is 0 Å². The lowest BCUT2D eigenvalue weighted by Gasteiger charge is -2.11. The lowest BCUT2D eigenvalue weighted by atomic mass is 10.2. The lowest BCUT2D eigenvalue weighted by Crippen LogP contribution is -2.14. The molecular formula is C14H12BrIN2O2. The lowest BCUT2D eigenvalue weighted by molar-refractivity contribution is 0.102. The number of nitrogens with one attached hydrogen (secondary N) is 1. The first-order chi connectivity index (χ1) is 9.61. The van der Waals surface area contributed by atoms with Gasteiger partial charge in [0.15, 0.2) is 0 Å². The van der Waals surface area contributed by atoms with E-state index in [1.807, 2.05) is 25.1 Å². The van der Waals surface area contributed by atoms with Crippen molar-refractivity contribution < 1.29 is 9.53 Å². The first kappa shape index (κ1) is 15.2. The van der Waals surface area contributed by atoms with Gasteiger partial charge in [-0.15, -0.1) is 0 Å². The van der Waals surface area contributed by atoms with Crippen molar-refractivity contribution in [2.45, 2.75) is 6.92 Å². The molecule has 2 rings (SSSR count). The Morgan fingerprint density at radius 3 is 3.00 bits per heavy atom. The molecule has 0 bridgehead atoms. The monoisotopic (exact) mass is 446 g/mol. The van der Waals surface area contributed by atoms with Gasteiger partial charge in [0.1, 0.15) is 5.69 Å². The van der Waals surface area contributed by atoms with E-state index in [0.29, 0.717) is 23.7 Å². The third kappa shape index (κ3) is 3.69. The van der Waals surface area contributed by atoms with Gasteiger partial charge in [-0.1, -0.05) is 0 Å². The third-order valence-corrected chi connectivity index (χ3v) is 3.84. The second kappa shape index (κ2) is 7.03. The molecule has 1 heterocycles. The van der Waals surface area contributed by atoms with Gasteiger partial charge in [0.2, 0.25) is 5.88 Å². The molecule has 1 N–H and O–H groups in total. The Balaban J connectivity index is 2.26. The maximum Gasteiger partial charge on any atom is 0.256 e. The fourth-order valence-electron chi connectivity index (χ4n) is 1.60. The molecule has 0 aliphatic heterocycles. The van der Waals surface area contributed by atoms with E-state index in [1.54, 1.807) is 18.3 Å². The van der Waals surface area contributed by atoms with Crippen molar-refractivity contribution >= 4 is 50.1 Å². The molecule has 2 aromatic rings. The van der Waals surface area contributed by atoms with Gasteiger partial charge in [-0.3, -0.25) is 4.79 Å². The third-order valence-electron chi connectivity index (χ3n) is 2.47. The smallest absolute Gasteiger partial charge is 0.256 e. The standard InChI is InChI=1S/C14H12BrIN2O2/c1-2-20-14-12(4-3-7-17-14)18-13(19)10-8-9(16)5-6-11(10)15/h3-8H,2H2,1H3,(H,18,19). The Morgan fingerprint density at radius 2 is 2.25 bits per heavy atom. The second-order valence-corrected chi connectivity index (χ2v) is 5.97. The van der Waals surface area contributed by atoms with Crippen molar-refractivity contribution in [2.24, 2.45) is 0 Å². The fourth-order valence-corrected chi connectivity index (χ4v) is 2.52. The molecule has 0 saturated carbocycles. The van der Waals surface area contributed by atoms with Crippen LogP contribution in [0.25, 0.3) is 0 Å². The SMILES string of the molecule is CCOc1ncccc1NC(=O)c1cc(I)ccc1Br. The molecule has 0 fully saturated rings. The molecular weight excluding hydrogens is 435 g/mol. The van der Waals surface area contributed by atoms with Crippen LogP contribution in [0.4, 0.5) is 5.69 Å². The Hall–Kier alpha value is -1.15. The van der Waals surface area contributed by atoms with Crippen LogP contribution in [0.5, 0.6) is 5.88 Å². The summed E-state index contributed by atoms with van der Waals surface area (Å²) in [6, 6.07) is 9.11. The zero-order chi connectivity index (χ0) is 14.5. The minimum atomic E-state index is -0.204. The van der Waals surface area contributed by atoms with Gasteiger partial charge in [-0.2, -0.15) is 0 Å². The average molecular weight is 447 g/mol. The Labute approximate surface area is 139 Å². The summed E-state index contributed by atoms with van der Waals surface area (Å²) in [5, 5.41) is 2.82. The van der Waals surface area contributed by atoms with E-state index in [1.165, 1.54) is 0 Å². The van der Waals surface area contributed by atoms with Crippen molar-refractivity contribution in [1.82, 2.24) is 4.98 Å². The first-order valence-electron chi connectivity index (χ1n) is 5.96. The van der Waals surface area contributed by atoms with Gasteiger partial charge in [-0.25, -0.2) is 4.98 Å². The molecule has 0 unspecified atom stereocenters. The minimum absolute atomic E-state index is 0.204. The van der Waals surface area contributed by atoms with Gasteiger partial charge < -0.3 is 10.1 Å². The zero-order valence-corrected chi connectivity index (χ0v) is 14.4. The van der Waals surface area contributed by atoms with Crippen molar-refractivity contribution in [3.05, 3.63) is 50.1 Å². The number of carbonyl (C=O) groups is 1. The predicted octanol–water partition coefficient (Wildman–Crippen LogP) is 4.10. The van der Waals surface area contributed by atoms with Gasteiger partial charge in [0.25, 0.3) is 5.91 Å². The molecule has 1 aromatic carbocycles. The van der Waals surface area contributed by atoms with Gasteiger partial charge in [0, 0.05) is 14.2 Å². The van der Waals surface area contributed by atoms with Gasteiger partial charge in [-0.05, 0) is 75.8 Å². The summed E-state index contributed by atoms with van der Waals surface area (Å²) in [5.41, 5.74) is 1.13. The summed E-state index contributed by atoms with van der Waals surface area (Å²) in [7, 11) is 0. The van der Waals surface area contributed by atoms with Crippen LogP contribution in [0, 0.1) is 3.57 Å². The normalized spacial score (nSPS) is 10.2. The first-order valence-corrected chi connectivity index (χ1v) is 7.83. The van der Waals surface area contributed by atoms with Crippen LogP contribution in [0.3, 0.4) is 0 Å². The van der Waals surface area contributed by atoms with E-state index in [2.05, 4.69) is 48.8 Å². The van der Waals surface area contributed by atoms with Crippen LogP contribution in [0.1, 0.15) is 17.3 Å². The molecule has 4 nitrogen and oxygen atoms in total. The molecule has 0 aliphatic carbocycles. The maximum absolute atomic E-state index is 12.3. The Kier molecular flexibility index (Phi) is 5.36. The Morgan fingerprint density at radius 1 is 1.45 bits per heavy atom. The fraction of sp³-hybridized carbons (Fsp3) is 0.143. The molecule has 104 valence electrons. The predicted molar refractivity (Wildman–Crippen MR) is 90.2 cm³/mol. The number of amides is 1. The summed E-state index contributed by atoms with van der Waals surface area (Å²) in [4.78, 5) is 16.4. The highest BCUT2D eigenvalue weighted by Crippen LogP contribution is 2.24. The molecule has 1 aromatic heterocycles. The number of hydrogen-bond acceptors (Lipinski definition) is 3. The summed E-state index contributed by atoms with van der Waals surface area (Å²) in [6.07, 6.45) is 1.63. The number of halogens is 2. The average Bonchev–Trinajstić information content (AvgIpc) is 2.44. The number of carbonyl (C=O) groups excluding carboxylic acids is 1. The van der Waals surface area contributed by atoms with E-state index in [0.717, 1.165) is 8.04 Å². The van der Waals surface area contributed by atoms with Crippen LogP contribution in [-0.4, -0.2) is 17.5 Å². The number of rotatable bonds is 4. The highest BCUT2D eigenvalue weighted by Gasteiger charge is 2.13. The van der Waals surface area contributed by atoms with Crippen molar-refractivity contribution in [3.63, 3.8) is 0 Å². The summed E-state index contributed by atoms with van der Waals surface area (Å²) in [5.74, 6) is 0.217.